The van der Waals surface area contributed by atoms with E-state index in [1.807, 2.05) is 13.1 Å². The molecule has 2 atom stereocenters. The number of aryl methyl sites for hydroxylation is 1. The van der Waals surface area contributed by atoms with Gasteiger partial charge in [-0.15, -0.1) is 11.3 Å². The van der Waals surface area contributed by atoms with Crippen LogP contribution in [0.15, 0.2) is 6.20 Å². The Hall–Kier alpha value is -0.490. The zero-order valence-corrected chi connectivity index (χ0v) is 11.3. The van der Waals surface area contributed by atoms with Gasteiger partial charge in [0.25, 0.3) is 0 Å². The lowest BCUT2D eigenvalue weighted by molar-refractivity contribution is -0.120. The van der Waals surface area contributed by atoms with Crippen molar-refractivity contribution in [2.75, 3.05) is 14.2 Å². The lowest BCUT2D eigenvalue weighted by atomic mass is 10.2. The van der Waals surface area contributed by atoms with Crippen molar-refractivity contribution >= 4 is 11.3 Å². The van der Waals surface area contributed by atoms with Gasteiger partial charge in [0.15, 0.2) is 6.29 Å². The number of aromatic nitrogens is 1. The highest BCUT2D eigenvalue weighted by atomic mass is 32.1. The fourth-order valence-corrected chi connectivity index (χ4v) is 2.41. The molecule has 0 radical (unpaired) electrons. The molecule has 1 aromatic heterocycles. The van der Waals surface area contributed by atoms with E-state index in [4.69, 9.17) is 9.47 Å². The largest absolute Gasteiger partial charge is 0.354 e. The van der Waals surface area contributed by atoms with E-state index in [0.717, 1.165) is 5.01 Å². The summed E-state index contributed by atoms with van der Waals surface area (Å²) in [4.78, 5) is 5.58. The quantitative estimate of drug-likeness (QED) is 0.778. The predicted molar refractivity (Wildman–Crippen MR) is 65.7 cm³/mol. The highest BCUT2D eigenvalue weighted by Gasteiger charge is 2.19. The molecule has 1 heterocycles. The first kappa shape index (κ1) is 13.6. The molecule has 0 bridgehead atoms. The van der Waals surface area contributed by atoms with Crippen molar-refractivity contribution in [3.05, 3.63) is 16.1 Å². The van der Waals surface area contributed by atoms with Crippen LogP contribution in [0.2, 0.25) is 0 Å². The highest BCUT2D eigenvalue weighted by molar-refractivity contribution is 7.11. The molecule has 1 aromatic rings. The number of nitrogens with one attached hydrogen (secondary N) is 1. The minimum atomic E-state index is -0.233. The molecule has 5 heteroatoms. The van der Waals surface area contributed by atoms with E-state index in [-0.39, 0.29) is 18.4 Å². The van der Waals surface area contributed by atoms with E-state index in [2.05, 4.69) is 24.1 Å². The molecule has 92 valence electrons. The molecule has 0 aliphatic rings. The molecule has 0 saturated carbocycles. The summed E-state index contributed by atoms with van der Waals surface area (Å²) in [7, 11) is 3.29. The Morgan fingerprint density at radius 3 is 2.38 bits per heavy atom. The SMILES string of the molecule is COC(OC)C(C)NC(C)c1ncc(C)s1. The van der Waals surface area contributed by atoms with E-state index in [0.29, 0.717) is 0 Å². The van der Waals surface area contributed by atoms with Gasteiger partial charge in [0.2, 0.25) is 0 Å². The Balaban J connectivity index is 2.53. The third-order valence-corrected chi connectivity index (χ3v) is 3.49. The molecule has 4 nitrogen and oxygen atoms in total. The van der Waals surface area contributed by atoms with Crippen LogP contribution in [0.5, 0.6) is 0 Å². The average molecular weight is 244 g/mol. The van der Waals surface area contributed by atoms with Crippen LogP contribution in [-0.4, -0.2) is 31.5 Å². The number of rotatable bonds is 6. The molecule has 0 aliphatic heterocycles. The normalized spacial score (nSPS) is 15.4. The molecule has 0 saturated heterocycles. The summed E-state index contributed by atoms with van der Waals surface area (Å²) in [6.07, 6.45) is 1.66. The first-order valence-electron chi connectivity index (χ1n) is 5.32. The molecule has 16 heavy (non-hydrogen) atoms. The summed E-state index contributed by atoms with van der Waals surface area (Å²) < 4.78 is 10.4. The van der Waals surface area contributed by atoms with Crippen LogP contribution in [0.4, 0.5) is 0 Å². The fraction of sp³-hybridized carbons (Fsp3) is 0.727. The van der Waals surface area contributed by atoms with Crippen LogP contribution in [-0.2, 0) is 9.47 Å². The maximum atomic E-state index is 5.20. The second-order valence-corrected chi connectivity index (χ2v) is 5.09. The second-order valence-electron chi connectivity index (χ2n) is 3.83. The van der Waals surface area contributed by atoms with Crippen molar-refractivity contribution in [3.8, 4) is 0 Å². The first-order valence-corrected chi connectivity index (χ1v) is 6.14. The molecule has 2 unspecified atom stereocenters. The van der Waals surface area contributed by atoms with Crippen LogP contribution in [0.1, 0.15) is 29.8 Å². The third-order valence-electron chi connectivity index (χ3n) is 2.40. The number of hydrogen-bond acceptors (Lipinski definition) is 5. The summed E-state index contributed by atoms with van der Waals surface area (Å²) in [5, 5.41) is 4.50. The number of ether oxygens (including phenoxy) is 2. The minimum absolute atomic E-state index is 0.120. The third kappa shape index (κ3) is 3.52. The zero-order chi connectivity index (χ0) is 12.1. The number of thiazole rings is 1. The fourth-order valence-electron chi connectivity index (χ4n) is 1.62. The van der Waals surface area contributed by atoms with E-state index in [9.17, 15) is 0 Å². The average Bonchev–Trinajstić information content (AvgIpc) is 2.66. The van der Waals surface area contributed by atoms with Crippen LogP contribution >= 0.6 is 11.3 Å². The number of nitrogens with zero attached hydrogens (tertiary/aromatic N) is 1. The summed E-state index contributed by atoms with van der Waals surface area (Å²) in [5.41, 5.74) is 0. The lowest BCUT2D eigenvalue weighted by Crippen LogP contribution is -2.40. The Morgan fingerprint density at radius 1 is 1.31 bits per heavy atom. The number of hydrogen-bond donors (Lipinski definition) is 1. The molecule has 0 fully saturated rings. The summed E-state index contributed by atoms with van der Waals surface area (Å²) >= 11 is 1.71. The van der Waals surface area contributed by atoms with Crippen molar-refractivity contribution in [1.29, 1.82) is 0 Å². The van der Waals surface area contributed by atoms with Crippen LogP contribution in [0, 0.1) is 6.92 Å². The Kier molecular flexibility index (Phi) is 5.34. The standard InChI is InChI=1S/C11H20N2O2S/c1-7-6-12-10(16-7)8(2)13-9(3)11(14-4)15-5/h6,8-9,11,13H,1-5H3. The van der Waals surface area contributed by atoms with Crippen molar-refractivity contribution in [3.63, 3.8) is 0 Å². The van der Waals surface area contributed by atoms with E-state index < -0.39 is 0 Å². The molecule has 0 amide bonds. The van der Waals surface area contributed by atoms with Gasteiger partial charge in [-0.2, -0.15) is 0 Å². The first-order chi connectivity index (χ1) is 7.58. The van der Waals surface area contributed by atoms with E-state index in [1.165, 1.54) is 4.88 Å². The molecule has 1 rings (SSSR count). The molecule has 0 aromatic carbocycles. The highest BCUT2D eigenvalue weighted by Crippen LogP contribution is 2.19. The Labute approximate surface area is 101 Å². The summed E-state index contributed by atoms with van der Waals surface area (Å²) in [5.74, 6) is 0. The maximum Gasteiger partial charge on any atom is 0.171 e. The van der Waals surface area contributed by atoms with Gasteiger partial charge in [-0.25, -0.2) is 4.98 Å². The van der Waals surface area contributed by atoms with Crippen LogP contribution < -0.4 is 5.32 Å². The molecule has 1 N–H and O–H groups in total. The zero-order valence-electron chi connectivity index (χ0n) is 10.5. The molecular formula is C11H20N2O2S. The van der Waals surface area contributed by atoms with Gasteiger partial charge in [0.05, 0.1) is 12.1 Å². The van der Waals surface area contributed by atoms with Gasteiger partial charge in [0, 0.05) is 25.3 Å². The maximum absolute atomic E-state index is 5.20. The van der Waals surface area contributed by atoms with Crippen molar-refractivity contribution < 1.29 is 9.47 Å². The molecular weight excluding hydrogens is 224 g/mol. The van der Waals surface area contributed by atoms with Gasteiger partial charge in [-0.3, -0.25) is 0 Å². The van der Waals surface area contributed by atoms with Gasteiger partial charge in [-0.1, -0.05) is 0 Å². The topological polar surface area (TPSA) is 43.4 Å². The lowest BCUT2D eigenvalue weighted by Gasteiger charge is -2.24. The molecule has 0 spiro atoms. The number of methoxy groups -OCH3 is 2. The van der Waals surface area contributed by atoms with Gasteiger partial charge < -0.3 is 14.8 Å². The van der Waals surface area contributed by atoms with Crippen LogP contribution in [0.25, 0.3) is 0 Å². The Morgan fingerprint density at radius 2 is 1.94 bits per heavy atom. The van der Waals surface area contributed by atoms with Gasteiger partial charge >= 0.3 is 0 Å². The van der Waals surface area contributed by atoms with E-state index in [1.54, 1.807) is 25.6 Å². The van der Waals surface area contributed by atoms with Gasteiger partial charge in [0.1, 0.15) is 5.01 Å². The smallest absolute Gasteiger partial charge is 0.171 e. The second kappa shape index (κ2) is 6.30. The van der Waals surface area contributed by atoms with Crippen molar-refractivity contribution in [1.82, 2.24) is 10.3 Å². The van der Waals surface area contributed by atoms with E-state index >= 15 is 0 Å². The minimum Gasteiger partial charge on any atom is -0.354 e. The Bertz CT molecular complexity index is 313. The predicted octanol–water partition coefficient (Wildman–Crippen LogP) is 2.11. The monoisotopic (exact) mass is 244 g/mol. The van der Waals surface area contributed by atoms with Gasteiger partial charge in [-0.05, 0) is 20.8 Å². The van der Waals surface area contributed by atoms with Crippen LogP contribution in [0.3, 0.4) is 0 Å². The van der Waals surface area contributed by atoms with Crippen molar-refractivity contribution in [2.45, 2.75) is 39.1 Å². The molecule has 0 aliphatic carbocycles. The van der Waals surface area contributed by atoms with Crippen molar-refractivity contribution in [2.24, 2.45) is 0 Å². The summed E-state index contributed by atoms with van der Waals surface area (Å²) in [6.45, 7) is 6.19. The summed E-state index contributed by atoms with van der Waals surface area (Å²) in [6, 6.07) is 0.329.